The van der Waals surface area contributed by atoms with E-state index in [-0.39, 0.29) is 35.9 Å². The van der Waals surface area contributed by atoms with E-state index in [0.29, 0.717) is 13.2 Å². The maximum Gasteiger partial charge on any atom is 0.365 e. The summed E-state index contributed by atoms with van der Waals surface area (Å²) >= 11 is 0.918. The molecule has 1 aromatic rings. The summed E-state index contributed by atoms with van der Waals surface area (Å²) in [5, 5.41) is 19.0. The predicted molar refractivity (Wildman–Crippen MR) is 61.8 cm³/mol. The van der Waals surface area contributed by atoms with Gasteiger partial charge >= 0.3 is 5.97 Å². The van der Waals surface area contributed by atoms with Gasteiger partial charge in [-0.2, -0.15) is 0 Å². The molecule has 1 saturated heterocycles. The SMILES string of the molecule is O=C(O)c1nc(C(=O)N2CCOC(CO)C2)cs1. The Morgan fingerprint density at radius 3 is 3.00 bits per heavy atom. The second kappa shape index (κ2) is 5.42. The van der Waals surface area contributed by atoms with Crippen molar-refractivity contribution < 1.29 is 24.5 Å². The van der Waals surface area contributed by atoms with E-state index in [1.807, 2.05) is 0 Å². The molecule has 0 saturated carbocycles. The molecular weight excluding hydrogens is 260 g/mol. The number of aliphatic hydroxyl groups excluding tert-OH is 1. The highest BCUT2D eigenvalue weighted by molar-refractivity contribution is 7.11. The summed E-state index contributed by atoms with van der Waals surface area (Å²) in [5.41, 5.74) is 0.121. The third-order valence-electron chi connectivity index (χ3n) is 2.54. The van der Waals surface area contributed by atoms with Crippen molar-refractivity contribution in [2.75, 3.05) is 26.3 Å². The van der Waals surface area contributed by atoms with Crippen molar-refractivity contribution in [2.24, 2.45) is 0 Å². The van der Waals surface area contributed by atoms with Crippen LogP contribution in [0.1, 0.15) is 20.3 Å². The minimum atomic E-state index is -1.14. The summed E-state index contributed by atoms with van der Waals surface area (Å²) in [6.45, 7) is 0.901. The number of aromatic carboxylic acids is 1. The fraction of sp³-hybridized carbons (Fsp3) is 0.500. The van der Waals surface area contributed by atoms with E-state index in [1.165, 1.54) is 10.3 Å². The fourth-order valence-electron chi connectivity index (χ4n) is 1.65. The standard InChI is InChI=1S/C10H12N2O5S/c13-4-6-3-12(1-2-17-6)9(14)7-5-18-8(11-7)10(15)16/h5-6,13H,1-4H2,(H,15,16). The predicted octanol–water partition coefficient (Wildman–Crippen LogP) is -0.325. The molecule has 7 nitrogen and oxygen atoms in total. The molecule has 2 rings (SSSR count). The van der Waals surface area contributed by atoms with Gasteiger partial charge in [0.2, 0.25) is 5.01 Å². The van der Waals surface area contributed by atoms with Crippen molar-refractivity contribution in [3.05, 3.63) is 16.1 Å². The lowest BCUT2D eigenvalue weighted by Crippen LogP contribution is -2.47. The molecule has 2 heterocycles. The van der Waals surface area contributed by atoms with Gasteiger partial charge in [0.1, 0.15) is 5.69 Å². The second-order valence-electron chi connectivity index (χ2n) is 3.77. The molecule has 0 bridgehead atoms. The van der Waals surface area contributed by atoms with E-state index in [9.17, 15) is 9.59 Å². The van der Waals surface area contributed by atoms with Gasteiger partial charge in [0, 0.05) is 18.5 Å². The Labute approximate surface area is 107 Å². The van der Waals surface area contributed by atoms with Crippen molar-refractivity contribution in [3.63, 3.8) is 0 Å². The highest BCUT2D eigenvalue weighted by Gasteiger charge is 2.26. The van der Waals surface area contributed by atoms with Crippen LogP contribution in [-0.4, -0.2) is 64.4 Å². The molecule has 1 unspecified atom stereocenters. The van der Waals surface area contributed by atoms with Crippen molar-refractivity contribution in [1.82, 2.24) is 9.88 Å². The number of ether oxygens (including phenoxy) is 1. The van der Waals surface area contributed by atoms with Gasteiger partial charge in [-0.3, -0.25) is 4.79 Å². The van der Waals surface area contributed by atoms with Crippen LogP contribution in [-0.2, 0) is 4.74 Å². The largest absolute Gasteiger partial charge is 0.476 e. The monoisotopic (exact) mass is 272 g/mol. The second-order valence-corrected chi connectivity index (χ2v) is 4.63. The number of amides is 1. The van der Waals surface area contributed by atoms with Crippen molar-refractivity contribution in [3.8, 4) is 0 Å². The molecule has 0 aromatic carbocycles. The molecule has 0 aliphatic carbocycles. The van der Waals surface area contributed by atoms with E-state index in [1.54, 1.807) is 0 Å². The summed E-state index contributed by atoms with van der Waals surface area (Å²) in [7, 11) is 0. The van der Waals surface area contributed by atoms with Crippen molar-refractivity contribution in [2.45, 2.75) is 6.10 Å². The summed E-state index contributed by atoms with van der Waals surface area (Å²) in [4.78, 5) is 28.0. The Kier molecular flexibility index (Phi) is 3.90. The molecule has 98 valence electrons. The third kappa shape index (κ3) is 2.66. The highest BCUT2D eigenvalue weighted by Crippen LogP contribution is 2.14. The molecule has 0 radical (unpaired) electrons. The first-order valence-corrected chi connectivity index (χ1v) is 6.20. The van der Waals surface area contributed by atoms with Gasteiger partial charge in [-0.15, -0.1) is 11.3 Å². The number of morpholine rings is 1. The van der Waals surface area contributed by atoms with Crippen LogP contribution >= 0.6 is 11.3 Å². The third-order valence-corrected chi connectivity index (χ3v) is 3.37. The van der Waals surface area contributed by atoms with E-state index >= 15 is 0 Å². The van der Waals surface area contributed by atoms with E-state index in [4.69, 9.17) is 14.9 Å². The molecule has 1 aromatic heterocycles. The molecule has 1 aliphatic rings. The topological polar surface area (TPSA) is 100.0 Å². The Morgan fingerprint density at radius 1 is 1.61 bits per heavy atom. The van der Waals surface area contributed by atoms with E-state index in [2.05, 4.69) is 4.98 Å². The zero-order valence-corrected chi connectivity index (χ0v) is 10.2. The lowest BCUT2D eigenvalue weighted by Gasteiger charge is -2.31. The lowest BCUT2D eigenvalue weighted by molar-refractivity contribution is -0.0448. The van der Waals surface area contributed by atoms with Crippen LogP contribution in [0.15, 0.2) is 5.38 Å². The quantitative estimate of drug-likeness (QED) is 0.782. The van der Waals surface area contributed by atoms with Gasteiger partial charge in [-0.05, 0) is 0 Å². The number of aromatic nitrogens is 1. The van der Waals surface area contributed by atoms with E-state index in [0.717, 1.165) is 11.3 Å². The molecule has 2 N–H and O–H groups in total. The normalized spacial score (nSPS) is 19.8. The van der Waals surface area contributed by atoms with Gasteiger partial charge in [0.05, 0.1) is 19.3 Å². The maximum absolute atomic E-state index is 12.0. The molecule has 8 heteroatoms. The van der Waals surface area contributed by atoms with Crippen LogP contribution in [0.5, 0.6) is 0 Å². The van der Waals surface area contributed by atoms with Gasteiger partial charge < -0.3 is 19.8 Å². The number of hydrogen-bond acceptors (Lipinski definition) is 6. The molecular formula is C10H12N2O5S. The number of rotatable bonds is 3. The fourth-order valence-corrected chi connectivity index (χ4v) is 2.28. The van der Waals surface area contributed by atoms with Gasteiger partial charge in [-0.25, -0.2) is 9.78 Å². The summed E-state index contributed by atoms with van der Waals surface area (Å²) < 4.78 is 5.23. The number of carboxylic acid groups (broad SMARTS) is 1. The minimum absolute atomic E-state index is 0.106. The van der Waals surface area contributed by atoms with Crippen LogP contribution in [0.25, 0.3) is 0 Å². The number of carbonyl (C=O) groups excluding carboxylic acids is 1. The summed E-state index contributed by atoms with van der Waals surface area (Å²) in [6, 6.07) is 0. The van der Waals surface area contributed by atoms with Gasteiger partial charge in [-0.1, -0.05) is 0 Å². The van der Waals surface area contributed by atoms with Crippen LogP contribution in [0.4, 0.5) is 0 Å². The Morgan fingerprint density at radius 2 is 2.39 bits per heavy atom. The summed E-state index contributed by atoms with van der Waals surface area (Å²) in [6.07, 6.45) is -0.389. The minimum Gasteiger partial charge on any atom is -0.476 e. The zero-order chi connectivity index (χ0) is 13.1. The van der Waals surface area contributed by atoms with Crippen LogP contribution in [0.2, 0.25) is 0 Å². The van der Waals surface area contributed by atoms with Crippen molar-refractivity contribution in [1.29, 1.82) is 0 Å². The maximum atomic E-state index is 12.0. The highest BCUT2D eigenvalue weighted by atomic mass is 32.1. The first-order chi connectivity index (χ1) is 8.61. The molecule has 1 fully saturated rings. The molecule has 1 atom stereocenters. The average molecular weight is 272 g/mol. The first-order valence-electron chi connectivity index (χ1n) is 5.32. The Balaban J connectivity index is 2.07. The van der Waals surface area contributed by atoms with Gasteiger partial charge in [0.15, 0.2) is 0 Å². The molecule has 18 heavy (non-hydrogen) atoms. The first kappa shape index (κ1) is 12.9. The average Bonchev–Trinajstić information content (AvgIpc) is 2.87. The smallest absolute Gasteiger partial charge is 0.365 e. The molecule has 0 spiro atoms. The number of nitrogens with zero attached hydrogens (tertiary/aromatic N) is 2. The van der Waals surface area contributed by atoms with E-state index < -0.39 is 5.97 Å². The Hall–Kier alpha value is -1.51. The number of aliphatic hydroxyl groups is 1. The lowest BCUT2D eigenvalue weighted by atomic mass is 10.2. The van der Waals surface area contributed by atoms with Crippen LogP contribution in [0.3, 0.4) is 0 Å². The van der Waals surface area contributed by atoms with Crippen LogP contribution in [0, 0.1) is 0 Å². The summed E-state index contributed by atoms with van der Waals surface area (Å²) in [5.74, 6) is -1.48. The number of carboxylic acids is 1. The van der Waals surface area contributed by atoms with Crippen molar-refractivity contribution >= 4 is 23.2 Å². The zero-order valence-electron chi connectivity index (χ0n) is 9.40. The number of carbonyl (C=O) groups is 2. The van der Waals surface area contributed by atoms with Crippen LogP contribution < -0.4 is 0 Å². The molecule has 1 aliphatic heterocycles. The number of thiazole rings is 1. The molecule has 1 amide bonds. The Bertz CT molecular complexity index is 461. The number of hydrogen-bond donors (Lipinski definition) is 2. The van der Waals surface area contributed by atoms with Gasteiger partial charge in [0.25, 0.3) is 5.91 Å².